The van der Waals surface area contributed by atoms with Crippen LogP contribution in [0.5, 0.6) is 0 Å². The number of piperazine rings is 1. The number of carbonyl (C=O) groups excluding carboxylic acids is 2. The van der Waals surface area contributed by atoms with E-state index in [2.05, 4.69) is 4.98 Å². The molecule has 1 aliphatic heterocycles. The Morgan fingerprint density at radius 3 is 2.36 bits per heavy atom. The van der Waals surface area contributed by atoms with Crippen molar-refractivity contribution in [1.82, 2.24) is 14.8 Å². The molecule has 0 spiro atoms. The molecule has 2 heterocycles. The summed E-state index contributed by atoms with van der Waals surface area (Å²) in [6, 6.07) is 3.88. The van der Waals surface area contributed by atoms with Crippen LogP contribution in [0.4, 0.5) is 4.79 Å². The van der Waals surface area contributed by atoms with Crippen LogP contribution >= 0.6 is 0 Å². The van der Waals surface area contributed by atoms with Gasteiger partial charge < -0.3 is 14.5 Å². The molecule has 1 aliphatic rings. The van der Waals surface area contributed by atoms with E-state index in [-0.39, 0.29) is 17.9 Å². The van der Waals surface area contributed by atoms with E-state index in [1.54, 1.807) is 24.2 Å². The Bertz CT molecular complexity index is 499. The highest BCUT2D eigenvalue weighted by molar-refractivity contribution is 5.77. The van der Waals surface area contributed by atoms with Gasteiger partial charge in [-0.2, -0.15) is 0 Å². The number of nitrogens with zero attached hydrogens (tertiary/aromatic N) is 3. The smallest absolute Gasteiger partial charge is 0.409 e. The number of pyridine rings is 1. The van der Waals surface area contributed by atoms with Crippen LogP contribution in [0.1, 0.15) is 31.7 Å². The molecule has 0 saturated carbocycles. The summed E-state index contributed by atoms with van der Waals surface area (Å²) in [7, 11) is 0. The van der Waals surface area contributed by atoms with Crippen LogP contribution in [-0.4, -0.2) is 59.6 Å². The first kappa shape index (κ1) is 16.3. The third-order valence-corrected chi connectivity index (χ3v) is 3.91. The normalized spacial score (nSPS) is 16.3. The molecule has 0 aromatic carbocycles. The van der Waals surface area contributed by atoms with Crippen molar-refractivity contribution in [1.29, 1.82) is 0 Å². The first-order chi connectivity index (χ1) is 10.6. The molecule has 1 saturated heterocycles. The van der Waals surface area contributed by atoms with E-state index in [0.717, 1.165) is 5.56 Å². The number of ether oxygens (including phenoxy) is 1. The Morgan fingerprint density at radius 1 is 1.18 bits per heavy atom. The average molecular weight is 305 g/mol. The molecule has 6 heteroatoms. The van der Waals surface area contributed by atoms with Crippen molar-refractivity contribution in [3.05, 3.63) is 30.1 Å². The Balaban J connectivity index is 1.81. The van der Waals surface area contributed by atoms with E-state index in [0.29, 0.717) is 39.2 Å². The number of hydrogen-bond acceptors (Lipinski definition) is 4. The summed E-state index contributed by atoms with van der Waals surface area (Å²) in [4.78, 5) is 31.5. The SMILES string of the molecule is CCOC(=O)N1CCN(C(=O)CC(C)c2ccncc2)CC1. The van der Waals surface area contributed by atoms with Gasteiger partial charge in [0.2, 0.25) is 5.91 Å². The molecule has 0 aliphatic carbocycles. The second-order valence-electron chi connectivity index (χ2n) is 5.45. The number of aromatic nitrogens is 1. The summed E-state index contributed by atoms with van der Waals surface area (Å²) in [5.74, 6) is 0.298. The van der Waals surface area contributed by atoms with Crippen molar-refractivity contribution in [3.8, 4) is 0 Å². The molecule has 0 N–H and O–H groups in total. The third kappa shape index (κ3) is 4.19. The van der Waals surface area contributed by atoms with Gasteiger partial charge >= 0.3 is 6.09 Å². The van der Waals surface area contributed by atoms with Gasteiger partial charge in [0.1, 0.15) is 0 Å². The lowest BCUT2D eigenvalue weighted by Gasteiger charge is -2.34. The highest BCUT2D eigenvalue weighted by Crippen LogP contribution is 2.19. The minimum absolute atomic E-state index is 0.132. The fraction of sp³-hybridized carbons (Fsp3) is 0.562. The van der Waals surface area contributed by atoms with E-state index in [9.17, 15) is 9.59 Å². The predicted octanol–water partition coefficient (Wildman–Crippen LogP) is 1.88. The standard InChI is InChI=1S/C16H23N3O3/c1-3-22-16(21)19-10-8-18(9-11-19)15(20)12-13(2)14-4-6-17-7-5-14/h4-7,13H,3,8-12H2,1-2H3. The zero-order valence-electron chi connectivity index (χ0n) is 13.2. The Morgan fingerprint density at radius 2 is 1.77 bits per heavy atom. The molecular weight excluding hydrogens is 282 g/mol. The van der Waals surface area contributed by atoms with Gasteiger partial charge in [0.25, 0.3) is 0 Å². The summed E-state index contributed by atoms with van der Waals surface area (Å²) >= 11 is 0. The highest BCUT2D eigenvalue weighted by atomic mass is 16.6. The van der Waals surface area contributed by atoms with Crippen molar-refractivity contribution in [3.63, 3.8) is 0 Å². The topological polar surface area (TPSA) is 62.7 Å². The molecule has 0 radical (unpaired) electrons. The quantitative estimate of drug-likeness (QED) is 0.852. The summed E-state index contributed by atoms with van der Waals surface area (Å²) in [5.41, 5.74) is 1.12. The summed E-state index contributed by atoms with van der Waals surface area (Å²) in [5, 5.41) is 0. The minimum Gasteiger partial charge on any atom is -0.450 e. The Hall–Kier alpha value is -2.11. The van der Waals surface area contributed by atoms with Crippen LogP contribution in [0.15, 0.2) is 24.5 Å². The summed E-state index contributed by atoms with van der Waals surface area (Å²) < 4.78 is 4.98. The minimum atomic E-state index is -0.292. The van der Waals surface area contributed by atoms with Gasteiger partial charge in [-0.1, -0.05) is 6.92 Å². The maximum absolute atomic E-state index is 12.4. The molecule has 2 amide bonds. The van der Waals surface area contributed by atoms with Crippen molar-refractivity contribution in [2.24, 2.45) is 0 Å². The number of carbonyl (C=O) groups is 2. The van der Waals surface area contributed by atoms with Gasteiger partial charge in [0, 0.05) is 45.0 Å². The molecule has 6 nitrogen and oxygen atoms in total. The van der Waals surface area contributed by atoms with Crippen LogP contribution in [0, 0.1) is 0 Å². The Labute approximate surface area is 131 Å². The number of rotatable bonds is 4. The maximum atomic E-state index is 12.4. The van der Waals surface area contributed by atoms with Gasteiger partial charge in [-0.05, 0) is 30.5 Å². The van der Waals surface area contributed by atoms with Crippen molar-refractivity contribution < 1.29 is 14.3 Å². The lowest BCUT2D eigenvalue weighted by atomic mass is 9.98. The average Bonchev–Trinajstić information content (AvgIpc) is 2.56. The molecule has 1 fully saturated rings. The fourth-order valence-corrected chi connectivity index (χ4v) is 2.55. The number of hydrogen-bond donors (Lipinski definition) is 0. The van der Waals surface area contributed by atoms with Gasteiger partial charge in [-0.25, -0.2) is 4.79 Å². The van der Waals surface area contributed by atoms with Crippen LogP contribution < -0.4 is 0 Å². The van der Waals surface area contributed by atoms with Crippen LogP contribution in [0.3, 0.4) is 0 Å². The molecule has 1 atom stereocenters. The molecule has 22 heavy (non-hydrogen) atoms. The zero-order chi connectivity index (χ0) is 15.9. The fourth-order valence-electron chi connectivity index (χ4n) is 2.55. The van der Waals surface area contributed by atoms with Gasteiger partial charge in [-0.3, -0.25) is 9.78 Å². The molecule has 0 bridgehead atoms. The molecular formula is C16H23N3O3. The second-order valence-corrected chi connectivity index (χ2v) is 5.45. The summed E-state index contributed by atoms with van der Waals surface area (Å²) in [6.07, 6.45) is 3.67. The van der Waals surface area contributed by atoms with E-state index >= 15 is 0 Å². The van der Waals surface area contributed by atoms with E-state index in [1.165, 1.54) is 0 Å². The summed E-state index contributed by atoms with van der Waals surface area (Å²) in [6.45, 7) is 6.42. The predicted molar refractivity (Wildman–Crippen MR) is 82.4 cm³/mol. The van der Waals surface area contributed by atoms with Crippen molar-refractivity contribution in [2.45, 2.75) is 26.2 Å². The van der Waals surface area contributed by atoms with Gasteiger partial charge in [0.15, 0.2) is 0 Å². The lowest BCUT2D eigenvalue weighted by Crippen LogP contribution is -2.50. The largest absolute Gasteiger partial charge is 0.450 e. The van der Waals surface area contributed by atoms with Crippen molar-refractivity contribution in [2.75, 3.05) is 32.8 Å². The second kappa shape index (κ2) is 7.77. The van der Waals surface area contributed by atoms with Crippen molar-refractivity contribution >= 4 is 12.0 Å². The van der Waals surface area contributed by atoms with Gasteiger partial charge in [0.05, 0.1) is 6.61 Å². The highest BCUT2D eigenvalue weighted by Gasteiger charge is 2.25. The maximum Gasteiger partial charge on any atom is 0.409 e. The van der Waals surface area contributed by atoms with E-state index in [1.807, 2.05) is 24.0 Å². The van der Waals surface area contributed by atoms with Gasteiger partial charge in [-0.15, -0.1) is 0 Å². The van der Waals surface area contributed by atoms with Crippen LogP contribution in [-0.2, 0) is 9.53 Å². The molecule has 1 aromatic heterocycles. The lowest BCUT2D eigenvalue weighted by molar-refractivity contribution is -0.133. The molecule has 2 rings (SSSR count). The van der Waals surface area contributed by atoms with E-state index < -0.39 is 0 Å². The first-order valence-electron chi connectivity index (χ1n) is 7.71. The number of amides is 2. The zero-order valence-corrected chi connectivity index (χ0v) is 13.2. The Kier molecular flexibility index (Phi) is 5.75. The van der Waals surface area contributed by atoms with Crippen LogP contribution in [0.2, 0.25) is 0 Å². The molecule has 120 valence electrons. The van der Waals surface area contributed by atoms with Crippen LogP contribution in [0.25, 0.3) is 0 Å². The molecule has 1 aromatic rings. The first-order valence-corrected chi connectivity index (χ1v) is 7.71. The third-order valence-electron chi connectivity index (χ3n) is 3.91. The molecule has 1 unspecified atom stereocenters. The van der Waals surface area contributed by atoms with E-state index in [4.69, 9.17) is 4.74 Å². The monoisotopic (exact) mass is 305 g/mol.